The lowest BCUT2D eigenvalue weighted by atomic mass is 10.1. The van der Waals surface area contributed by atoms with Crippen molar-refractivity contribution in [2.75, 3.05) is 0 Å². The van der Waals surface area contributed by atoms with E-state index >= 15 is 0 Å². The van der Waals surface area contributed by atoms with E-state index in [2.05, 4.69) is 25.4 Å². The fraction of sp³-hybridized carbons (Fsp3) is 0.333. The number of aromatic amines is 1. The molecule has 0 aliphatic heterocycles. The Hall–Kier alpha value is -3.10. The molecule has 3 aromatic heterocycles. The average Bonchev–Trinajstić information content (AvgIpc) is 3.05. The number of H-pyrrole nitrogens is 1. The second kappa shape index (κ2) is 6.26. The van der Waals surface area contributed by atoms with Gasteiger partial charge in [0.1, 0.15) is 12.2 Å². The summed E-state index contributed by atoms with van der Waals surface area (Å²) in [6.45, 7) is 0.201. The zero-order valence-electron chi connectivity index (χ0n) is 14.3. The van der Waals surface area contributed by atoms with Gasteiger partial charge in [-0.25, -0.2) is 8.78 Å². The molecule has 0 spiro atoms. The van der Waals surface area contributed by atoms with Crippen LogP contribution in [0.4, 0.5) is 8.78 Å². The Kier molecular flexibility index (Phi) is 3.73. The van der Waals surface area contributed by atoms with Gasteiger partial charge >= 0.3 is 0 Å². The smallest absolute Gasteiger partial charge is 0.282 e. The van der Waals surface area contributed by atoms with Crippen LogP contribution in [0.15, 0.2) is 35.0 Å². The van der Waals surface area contributed by atoms with Crippen LogP contribution in [0.2, 0.25) is 0 Å². The summed E-state index contributed by atoms with van der Waals surface area (Å²) in [5.74, 6) is 1.20. The van der Waals surface area contributed by atoms with Crippen molar-refractivity contribution in [1.29, 1.82) is 0 Å². The standard InChI is InChI=1S/C18H16F2N6O/c19-18(20)14-7-15(11-2-3-11)26(24-14)9-17-22-16(25-27-17)6-10-1-4-13-12(5-10)8-21-23-13/h1,4-5,7-8,11,18H,2-3,6,9H2,(H,21,23). The number of benzene rings is 1. The lowest BCUT2D eigenvalue weighted by molar-refractivity contribution is 0.145. The quantitative estimate of drug-likeness (QED) is 0.560. The van der Waals surface area contributed by atoms with Crippen molar-refractivity contribution >= 4 is 10.9 Å². The number of halogens is 2. The average molecular weight is 370 g/mol. The minimum absolute atomic E-state index is 0.201. The highest BCUT2D eigenvalue weighted by Gasteiger charge is 2.30. The molecular weight excluding hydrogens is 354 g/mol. The predicted molar refractivity (Wildman–Crippen MR) is 91.5 cm³/mol. The number of alkyl halides is 2. The summed E-state index contributed by atoms with van der Waals surface area (Å²) in [6, 6.07) is 7.43. The molecule has 5 rings (SSSR count). The molecule has 0 atom stereocenters. The zero-order chi connectivity index (χ0) is 18.4. The molecule has 138 valence electrons. The number of aromatic nitrogens is 6. The van der Waals surface area contributed by atoms with Crippen molar-refractivity contribution in [1.82, 2.24) is 30.1 Å². The number of nitrogens with one attached hydrogen (secondary N) is 1. The maximum atomic E-state index is 13.0. The first-order valence-electron chi connectivity index (χ1n) is 8.75. The molecule has 7 nitrogen and oxygen atoms in total. The van der Waals surface area contributed by atoms with Gasteiger partial charge < -0.3 is 4.52 Å². The summed E-state index contributed by atoms with van der Waals surface area (Å²) >= 11 is 0. The maximum absolute atomic E-state index is 13.0. The first kappa shape index (κ1) is 16.1. The van der Waals surface area contributed by atoms with E-state index in [9.17, 15) is 8.78 Å². The second-order valence-electron chi connectivity index (χ2n) is 6.80. The SMILES string of the molecule is FC(F)c1cc(C2CC2)n(Cc2nc(Cc3ccc4[nH]ncc4c3)no2)n1. The van der Waals surface area contributed by atoms with Gasteiger partial charge in [0, 0.05) is 23.4 Å². The predicted octanol–water partition coefficient (Wildman–Crippen LogP) is 3.60. The van der Waals surface area contributed by atoms with E-state index in [0.717, 1.165) is 35.0 Å². The Morgan fingerprint density at radius 2 is 2.15 bits per heavy atom. The fourth-order valence-electron chi connectivity index (χ4n) is 3.23. The number of nitrogens with zero attached hydrogens (tertiary/aromatic N) is 5. The van der Waals surface area contributed by atoms with Crippen molar-refractivity contribution in [2.24, 2.45) is 0 Å². The first-order chi connectivity index (χ1) is 13.2. The van der Waals surface area contributed by atoms with E-state index in [0.29, 0.717) is 24.1 Å². The summed E-state index contributed by atoms with van der Waals surface area (Å²) in [7, 11) is 0. The molecule has 3 heterocycles. The van der Waals surface area contributed by atoms with E-state index in [4.69, 9.17) is 4.52 Å². The van der Waals surface area contributed by atoms with E-state index in [1.54, 1.807) is 10.9 Å². The molecule has 0 amide bonds. The molecule has 1 aliphatic carbocycles. The van der Waals surface area contributed by atoms with Gasteiger partial charge in [-0.1, -0.05) is 11.2 Å². The Labute approximate surface area is 152 Å². The Morgan fingerprint density at radius 1 is 1.26 bits per heavy atom. The van der Waals surface area contributed by atoms with Crippen molar-refractivity contribution in [3.8, 4) is 0 Å². The van der Waals surface area contributed by atoms with Crippen molar-refractivity contribution in [2.45, 2.75) is 38.2 Å². The second-order valence-corrected chi connectivity index (χ2v) is 6.80. The molecule has 1 fully saturated rings. The van der Waals surface area contributed by atoms with E-state index in [-0.39, 0.29) is 12.2 Å². The van der Waals surface area contributed by atoms with Crippen molar-refractivity contribution in [3.05, 3.63) is 59.1 Å². The molecule has 1 N–H and O–H groups in total. The third-order valence-electron chi connectivity index (χ3n) is 4.71. The molecule has 1 aromatic carbocycles. The van der Waals surface area contributed by atoms with Gasteiger partial charge in [0.05, 0.1) is 11.7 Å². The van der Waals surface area contributed by atoms with Gasteiger partial charge in [-0.2, -0.15) is 15.2 Å². The molecule has 0 bridgehead atoms. The van der Waals surface area contributed by atoms with Crippen LogP contribution in [0, 0.1) is 0 Å². The van der Waals surface area contributed by atoms with Crippen LogP contribution < -0.4 is 0 Å². The van der Waals surface area contributed by atoms with E-state index < -0.39 is 6.43 Å². The normalized spacial score (nSPS) is 14.5. The molecule has 0 unspecified atom stereocenters. The highest BCUT2D eigenvalue weighted by molar-refractivity contribution is 5.78. The van der Waals surface area contributed by atoms with Crippen LogP contribution in [-0.2, 0) is 13.0 Å². The third kappa shape index (κ3) is 3.20. The molecular formula is C18H16F2N6O. The molecule has 1 aliphatic rings. The molecule has 4 aromatic rings. The summed E-state index contributed by atoms with van der Waals surface area (Å²) in [5, 5.41) is 16.0. The maximum Gasteiger partial charge on any atom is 0.282 e. The minimum Gasteiger partial charge on any atom is -0.337 e. The Morgan fingerprint density at radius 3 is 2.96 bits per heavy atom. The summed E-state index contributed by atoms with van der Waals surface area (Å²) < 4.78 is 32.8. The van der Waals surface area contributed by atoms with Gasteiger partial charge in [-0.15, -0.1) is 0 Å². The van der Waals surface area contributed by atoms with Gasteiger partial charge in [-0.05, 0) is 36.6 Å². The summed E-state index contributed by atoms with van der Waals surface area (Å²) in [4.78, 5) is 4.39. The van der Waals surface area contributed by atoms with Crippen LogP contribution >= 0.6 is 0 Å². The van der Waals surface area contributed by atoms with Crippen LogP contribution in [-0.4, -0.2) is 30.1 Å². The Balaban J connectivity index is 1.35. The largest absolute Gasteiger partial charge is 0.337 e. The van der Waals surface area contributed by atoms with E-state index in [1.165, 1.54) is 6.07 Å². The van der Waals surface area contributed by atoms with E-state index in [1.807, 2.05) is 18.2 Å². The molecule has 27 heavy (non-hydrogen) atoms. The molecule has 0 radical (unpaired) electrons. The number of fused-ring (bicyclic) bond motifs is 1. The number of hydrogen-bond acceptors (Lipinski definition) is 5. The summed E-state index contributed by atoms with van der Waals surface area (Å²) in [6.07, 6.45) is 1.69. The highest BCUT2D eigenvalue weighted by atomic mass is 19.3. The van der Waals surface area contributed by atoms with Crippen LogP contribution in [0.5, 0.6) is 0 Å². The minimum atomic E-state index is -2.58. The van der Waals surface area contributed by atoms with Crippen LogP contribution in [0.25, 0.3) is 10.9 Å². The fourth-order valence-corrected chi connectivity index (χ4v) is 3.23. The molecule has 1 saturated carbocycles. The number of rotatable bonds is 6. The zero-order valence-corrected chi connectivity index (χ0v) is 14.3. The third-order valence-corrected chi connectivity index (χ3v) is 4.71. The molecule has 9 heteroatoms. The lowest BCUT2D eigenvalue weighted by Crippen LogP contribution is -2.06. The molecule has 0 saturated heterocycles. The number of hydrogen-bond donors (Lipinski definition) is 1. The van der Waals surface area contributed by atoms with Gasteiger partial charge in [-0.3, -0.25) is 9.78 Å². The van der Waals surface area contributed by atoms with Gasteiger partial charge in [0.2, 0.25) is 5.89 Å². The van der Waals surface area contributed by atoms with Gasteiger partial charge in [0.25, 0.3) is 6.43 Å². The van der Waals surface area contributed by atoms with Gasteiger partial charge in [0.15, 0.2) is 5.82 Å². The lowest BCUT2D eigenvalue weighted by Gasteiger charge is -2.02. The summed E-state index contributed by atoms with van der Waals surface area (Å²) in [5.41, 5.74) is 2.61. The Bertz CT molecular complexity index is 1090. The highest BCUT2D eigenvalue weighted by Crippen LogP contribution is 2.41. The van der Waals surface area contributed by atoms with Crippen molar-refractivity contribution in [3.63, 3.8) is 0 Å². The van der Waals surface area contributed by atoms with Crippen LogP contribution in [0.3, 0.4) is 0 Å². The topological polar surface area (TPSA) is 85.4 Å². The van der Waals surface area contributed by atoms with Crippen molar-refractivity contribution < 1.29 is 13.3 Å². The first-order valence-corrected chi connectivity index (χ1v) is 8.75. The monoisotopic (exact) mass is 370 g/mol. The van der Waals surface area contributed by atoms with Crippen LogP contribution in [0.1, 0.15) is 53.9 Å².